The zero-order valence-corrected chi connectivity index (χ0v) is 8.55. The molecule has 0 aromatic rings. The molecule has 0 aromatic heterocycles. The van der Waals surface area contributed by atoms with E-state index >= 15 is 0 Å². The fourth-order valence-corrected chi connectivity index (χ4v) is 1.93. The van der Waals surface area contributed by atoms with E-state index in [0.29, 0.717) is 0 Å². The van der Waals surface area contributed by atoms with E-state index in [9.17, 15) is 5.21 Å². The highest BCUT2D eigenvalue weighted by Crippen LogP contribution is 2.36. The van der Waals surface area contributed by atoms with Gasteiger partial charge in [0.1, 0.15) is 0 Å². The van der Waals surface area contributed by atoms with Crippen molar-refractivity contribution in [1.29, 1.82) is 0 Å². The molecule has 1 saturated heterocycles. The number of nitrogens with zero attached hydrogens (tertiary/aromatic N) is 2. The number of hydrogen-bond acceptors (Lipinski definition) is 3. The highest BCUT2D eigenvalue weighted by atomic mass is 16.5. The van der Waals surface area contributed by atoms with Crippen molar-refractivity contribution in [3.63, 3.8) is 0 Å². The molecule has 1 N–H and O–H groups in total. The lowest BCUT2D eigenvalue weighted by molar-refractivity contribution is -0.184. The SMILES string of the molecule is CN=C1CC(C)(C)N(O)C1(C)C. The van der Waals surface area contributed by atoms with Gasteiger partial charge >= 0.3 is 0 Å². The Bertz CT molecular complexity index is 219. The van der Waals surface area contributed by atoms with Crippen LogP contribution in [-0.2, 0) is 0 Å². The fraction of sp³-hybridized carbons (Fsp3) is 0.889. The van der Waals surface area contributed by atoms with Crippen molar-refractivity contribution in [2.45, 2.75) is 45.2 Å². The molecule has 3 nitrogen and oxygen atoms in total. The molecule has 1 rings (SSSR count). The summed E-state index contributed by atoms with van der Waals surface area (Å²) in [5.74, 6) is 0. The number of rotatable bonds is 0. The Labute approximate surface area is 74.1 Å². The first-order valence-corrected chi connectivity index (χ1v) is 4.28. The number of hydrogen-bond donors (Lipinski definition) is 1. The summed E-state index contributed by atoms with van der Waals surface area (Å²) in [4.78, 5) is 4.20. The summed E-state index contributed by atoms with van der Waals surface area (Å²) in [5.41, 5.74) is 0.575. The van der Waals surface area contributed by atoms with Crippen LogP contribution in [0.25, 0.3) is 0 Å². The van der Waals surface area contributed by atoms with Crippen LogP contribution in [-0.4, -0.2) is 34.1 Å². The molecular formula is C9H18N2O. The molecule has 1 aliphatic rings. The van der Waals surface area contributed by atoms with Gasteiger partial charge in [-0.05, 0) is 27.7 Å². The summed E-state index contributed by atoms with van der Waals surface area (Å²) in [6, 6.07) is 0. The van der Waals surface area contributed by atoms with E-state index in [1.54, 1.807) is 7.05 Å². The molecule has 0 bridgehead atoms. The Morgan fingerprint density at radius 2 is 1.83 bits per heavy atom. The minimum absolute atomic E-state index is 0.182. The Balaban J connectivity index is 3.05. The van der Waals surface area contributed by atoms with Gasteiger partial charge in [0, 0.05) is 24.7 Å². The topological polar surface area (TPSA) is 35.8 Å². The van der Waals surface area contributed by atoms with Crippen molar-refractivity contribution < 1.29 is 5.21 Å². The monoisotopic (exact) mass is 170 g/mol. The molecule has 12 heavy (non-hydrogen) atoms. The van der Waals surface area contributed by atoms with Crippen LogP contribution in [0.5, 0.6) is 0 Å². The highest BCUT2D eigenvalue weighted by Gasteiger charge is 2.48. The smallest absolute Gasteiger partial charge is 0.0786 e. The molecule has 0 spiro atoms. The third-order valence-electron chi connectivity index (χ3n) is 2.68. The minimum atomic E-state index is -0.307. The second-order valence-corrected chi connectivity index (χ2v) is 4.53. The predicted octanol–water partition coefficient (Wildman–Crippen LogP) is 1.71. The van der Waals surface area contributed by atoms with Crippen LogP contribution in [0, 0.1) is 0 Å². The first-order valence-electron chi connectivity index (χ1n) is 4.28. The second-order valence-electron chi connectivity index (χ2n) is 4.53. The van der Waals surface area contributed by atoms with Crippen LogP contribution in [0.4, 0.5) is 0 Å². The maximum Gasteiger partial charge on any atom is 0.0786 e. The van der Waals surface area contributed by atoms with Crippen LogP contribution >= 0.6 is 0 Å². The molecule has 0 radical (unpaired) electrons. The molecule has 1 aliphatic heterocycles. The van der Waals surface area contributed by atoms with Crippen molar-refractivity contribution in [3.8, 4) is 0 Å². The summed E-state index contributed by atoms with van der Waals surface area (Å²) >= 11 is 0. The molecule has 1 heterocycles. The fourth-order valence-electron chi connectivity index (χ4n) is 1.93. The third-order valence-corrected chi connectivity index (χ3v) is 2.68. The van der Waals surface area contributed by atoms with Crippen molar-refractivity contribution in [2.24, 2.45) is 4.99 Å². The van der Waals surface area contributed by atoms with Gasteiger partial charge < -0.3 is 5.21 Å². The Morgan fingerprint density at radius 1 is 1.33 bits per heavy atom. The van der Waals surface area contributed by atoms with E-state index in [-0.39, 0.29) is 11.1 Å². The average molecular weight is 170 g/mol. The van der Waals surface area contributed by atoms with Crippen molar-refractivity contribution in [1.82, 2.24) is 5.06 Å². The van der Waals surface area contributed by atoms with Gasteiger partial charge in [-0.3, -0.25) is 4.99 Å². The van der Waals surface area contributed by atoms with Crippen LogP contribution in [0.15, 0.2) is 4.99 Å². The lowest BCUT2D eigenvalue weighted by Gasteiger charge is -2.33. The van der Waals surface area contributed by atoms with Crippen molar-refractivity contribution in [2.75, 3.05) is 7.05 Å². The quantitative estimate of drug-likeness (QED) is 0.600. The Kier molecular flexibility index (Phi) is 2.05. The summed E-state index contributed by atoms with van der Waals surface area (Å²) in [6.45, 7) is 8.02. The van der Waals surface area contributed by atoms with Gasteiger partial charge in [-0.1, -0.05) is 0 Å². The molecule has 0 unspecified atom stereocenters. The van der Waals surface area contributed by atoms with E-state index in [0.717, 1.165) is 12.1 Å². The molecule has 0 saturated carbocycles. The van der Waals surface area contributed by atoms with E-state index < -0.39 is 0 Å². The van der Waals surface area contributed by atoms with Gasteiger partial charge in [0.2, 0.25) is 0 Å². The van der Waals surface area contributed by atoms with E-state index in [4.69, 9.17) is 0 Å². The van der Waals surface area contributed by atoms with Crippen LogP contribution in [0.2, 0.25) is 0 Å². The first kappa shape index (κ1) is 9.68. The molecule has 0 aliphatic carbocycles. The molecule has 3 heteroatoms. The van der Waals surface area contributed by atoms with Gasteiger partial charge in [0.05, 0.1) is 5.54 Å². The maximum atomic E-state index is 9.84. The first-order chi connectivity index (χ1) is 5.32. The van der Waals surface area contributed by atoms with Gasteiger partial charge in [0.15, 0.2) is 0 Å². The zero-order chi connectivity index (χ0) is 9.57. The largest absolute Gasteiger partial charge is 0.313 e. The summed E-state index contributed by atoms with van der Waals surface area (Å²) in [7, 11) is 1.78. The Morgan fingerprint density at radius 3 is 2.00 bits per heavy atom. The van der Waals surface area contributed by atoms with Crippen LogP contribution < -0.4 is 0 Å². The number of aliphatic imine (C=N–C) groups is 1. The lowest BCUT2D eigenvalue weighted by Crippen LogP contribution is -2.47. The van der Waals surface area contributed by atoms with Gasteiger partial charge in [-0.15, -0.1) is 0 Å². The summed E-state index contributed by atoms with van der Waals surface area (Å²) in [5, 5.41) is 11.2. The molecule has 70 valence electrons. The normalized spacial score (nSPS) is 31.3. The highest BCUT2D eigenvalue weighted by molar-refractivity contribution is 5.95. The van der Waals surface area contributed by atoms with E-state index in [1.807, 2.05) is 27.7 Å². The third kappa shape index (κ3) is 1.17. The zero-order valence-electron chi connectivity index (χ0n) is 8.55. The maximum absolute atomic E-state index is 9.84. The predicted molar refractivity (Wildman–Crippen MR) is 49.8 cm³/mol. The standard InChI is InChI=1S/C9H18N2O/c1-8(2)6-7(10-5)9(3,4)11(8)12/h12H,6H2,1-5H3. The lowest BCUT2D eigenvalue weighted by atomic mass is 9.98. The molecular weight excluding hydrogens is 152 g/mol. The molecule has 1 fully saturated rings. The van der Waals surface area contributed by atoms with E-state index in [1.165, 1.54) is 5.06 Å². The van der Waals surface area contributed by atoms with Crippen molar-refractivity contribution in [3.05, 3.63) is 0 Å². The van der Waals surface area contributed by atoms with Crippen molar-refractivity contribution >= 4 is 5.71 Å². The van der Waals surface area contributed by atoms with Crippen LogP contribution in [0.1, 0.15) is 34.1 Å². The van der Waals surface area contributed by atoms with Gasteiger partial charge in [0.25, 0.3) is 0 Å². The van der Waals surface area contributed by atoms with Crippen LogP contribution in [0.3, 0.4) is 0 Å². The van der Waals surface area contributed by atoms with E-state index in [2.05, 4.69) is 4.99 Å². The molecule has 0 amide bonds. The molecule has 0 aromatic carbocycles. The van der Waals surface area contributed by atoms with Gasteiger partial charge in [-0.25, -0.2) is 0 Å². The minimum Gasteiger partial charge on any atom is -0.313 e. The van der Waals surface area contributed by atoms with Gasteiger partial charge in [-0.2, -0.15) is 5.06 Å². The Hall–Kier alpha value is -0.410. The molecule has 0 atom stereocenters. The average Bonchev–Trinajstić information content (AvgIpc) is 2.11. The number of hydroxylamine groups is 2. The second kappa shape index (κ2) is 2.54. The summed E-state index contributed by atoms with van der Waals surface area (Å²) in [6.07, 6.45) is 0.840. The summed E-state index contributed by atoms with van der Waals surface area (Å²) < 4.78 is 0.